The second-order valence-electron chi connectivity index (χ2n) is 5.44. The molecule has 0 fully saturated rings. The molecule has 0 bridgehead atoms. The van der Waals surface area contributed by atoms with Gasteiger partial charge in [0.1, 0.15) is 5.82 Å². The van der Waals surface area contributed by atoms with E-state index in [1.807, 2.05) is 31.9 Å². The largest absolute Gasteiger partial charge is 0.336 e. The first-order chi connectivity index (χ1) is 10.5. The minimum atomic E-state index is -0.264. The van der Waals surface area contributed by atoms with Crippen LogP contribution in [0.5, 0.6) is 0 Å². The number of nitrogens with zero attached hydrogens (tertiary/aromatic N) is 3. The predicted octanol–water partition coefficient (Wildman–Crippen LogP) is 3.33. The van der Waals surface area contributed by atoms with Gasteiger partial charge in [-0.15, -0.1) is 0 Å². The minimum absolute atomic E-state index is 0.0718. The second-order valence-corrected chi connectivity index (χ2v) is 5.44. The Balaban J connectivity index is 2.00. The Labute approximate surface area is 130 Å². The Morgan fingerprint density at radius 1 is 1.36 bits per heavy atom. The lowest BCUT2D eigenvalue weighted by atomic mass is 10.1. The highest BCUT2D eigenvalue weighted by Gasteiger charge is 2.19. The molecule has 1 aromatic heterocycles. The molecule has 22 heavy (non-hydrogen) atoms. The second kappa shape index (κ2) is 7.20. The highest BCUT2D eigenvalue weighted by Crippen LogP contribution is 2.21. The van der Waals surface area contributed by atoms with Crippen LogP contribution in [0.25, 0.3) is 0 Å². The number of halogens is 1. The number of benzene rings is 1. The molecular weight excluding hydrogens is 281 g/mol. The van der Waals surface area contributed by atoms with Crippen LogP contribution in [0.3, 0.4) is 0 Å². The van der Waals surface area contributed by atoms with Gasteiger partial charge in [0.25, 0.3) is 0 Å². The van der Waals surface area contributed by atoms with E-state index < -0.39 is 0 Å². The minimum Gasteiger partial charge on any atom is -0.336 e. The highest BCUT2D eigenvalue weighted by molar-refractivity contribution is 5.76. The van der Waals surface area contributed by atoms with Gasteiger partial charge < -0.3 is 4.90 Å². The van der Waals surface area contributed by atoms with Gasteiger partial charge in [0, 0.05) is 25.7 Å². The standard InChI is InChI=1S/C17H22FN3O/c1-4-21(14(3)15-5-7-16(18)8-6-15)17(22)9-10-20-12-13(2)11-19-20/h5-8,11-12,14H,4,9-10H2,1-3H3. The Morgan fingerprint density at radius 2 is 2.05 bits per heavy atom. The molecule has 1 unspecified atom stereocenters. The van der Waals surface area contributed by atoms with E-state index in [0.717, 1.165) is 11.1 Å². The molecule has 0 aliphatic rings. The molecule has 2 rings (SSSR count). The van der Waals surface area contributed by atoms with Crippen molar-refractivity contribution >= 4 is 5.91 Å². The van der Waals surface area contributed by atoms with E-state index >= 15 is 0 Å². The van der Waals surface area contributed by atoms with Gasteiger partial charge in [-0.05, 0) is 44.0 Å². The van der Waals surface area contributed by atoms with Crippen molar-refractivity contribution in [2.45, 2.75) is 39.8 Å². The Bertz CT molecular complexity index is 621. The number of carbonyl (C=O) groups excluding carboxylic acids is 1. The van der Waals surface area contributed by atoms with Gasteiger partial charge in [-0.25, -0.2) is 4.39 Å². The van der Waals surface area contributed by atoms with E-state index in [1.54, 1.807) is 23.0 Å². The summed E-state index contributed by atoms with van der Waals surface area (Å²) in [5.74, 6) is -0.188. The molecule has 0 radical (unpaired) electrons. The van der Waals surface area contributed by atoms with Gasteiger partial charge in [-0.1, -0.05) is 12.1 Å². The Hall–Kier alpha value is -2.17. The third kappa shape index (κ3) is 3.93. The quantitative estimate of drug-likeness (QED) is 0.821. The summed E-state index contributed by atoms with van der Waals surface area (Å²) in [6, 6.07) is 6.24. The average molecular weight is 303 g/mol. The molecule has 1 atom stereocenters. The predicted molar refractivity (Wildman–Crippen MR) is 83.8 cm³/mol. The average Bonchev–Trinajstić information content (AvgIpc) is 2.92. The molecular formula is C17H22FN3O. The van der Waals surface area contributed by atoms with E-state index in [0.29, 0.717) is 19.5 Å². The molecule has 4 nitrogen and oxygen atoms in total. The fraction of sp³-hybridized carbons (Fsp3) is 0.412. The monoisotopic (exact) mass is 303 g/mol. The molecule has 0 saturated carbocycles. The van der Waals surface area contributed by atoms with Crippen LogP contribution >= 0.6 is 0 Å². The van der Waals surface area contributed by atoms with E-state index in [1.165, 1.54) is 12.1 Å². The maximum absolute atomic E-state index is 13.0. The van der Waals surface area contributed by atoms with E-state index in [4.69, 9.17) is 0 Å². The number of hydrogen-bond acceptors (Lipinski definition) is 2. The maximum Gasteiger partial charge on any atom is 0.224 e. The lowest BCUT2D eigenvalue weighted by Crippen LogP contribution is -2.34. The van der Waals surface area contributed by atoms with E-state index in [9.17, 15) is 9.18 Å². The number of carbonyl (C=O) groups is 1. The SMILES string of the molecule is CCN(C(=O)CCn1cc(C)cn1)C(C)c1ccc(F)cc1. The third-order valence-electron chi connectivity index (χ3n) is 3.80. The topological polar surface area (TPSA) is 38.1 Å². The van der Waals surface area contributed by atoms with Crippen LogP contribution < -0.4 is 0 Å². The summed E-state index contributed by atoms with van der Waals surface area (Å²) < 4.78 is 14.8. The normalized spacial score (nSPS) is 12.2. The van der Waals surface area contributed by atoms with Crippen LogP contribution in [0.4, 0.5) is 4.39 Å². The number of aromatic nitrogens is 2. The lowest BCUT2D eigenvalue weighted by molar-refractivity contribution is -0.133. The zero-order valence-corrected chi connectivity index (χ0v) is 13.3. The zero-order valence-electron chi connectivity index (χ0n) is 13.3. The van der Waals surface area contributed by atoms with Crippen molar-refractivity contribution in [2.24, 2.45) is 0 Å². The molecule has 0 aliphatic heterocycles. The maximum atomic E-state index is 13.0. The number of aryl methyl sites for hydroxylation is 2. The Morgan fingerprint density at radius 3 is 2.59 bits per heavy atom. The summed E-state index contributed by atoms with van der Waals surface area (Å²) in [4.78, 5) is 14.3. The van der Waals surface area contributed by atoms with Crippen LogP contribution in [0.1, 0.15) is 37.4 Å². The van der Waals surface area contributed by atoms with E-state index in [-0.39, 0.29) is 17.8 Å². The van der Waals surface area contributed by atoms with Crippen molar-refractivity contribution < 1.29 is 9.18 Å². The molecule has 0 N–H and O–H groups in total. The van der Waals surface area contributed by atoms with Crippen LogP contribution in [-0.4, -0.2) is 27.1 Å². The first kappa shape index (κ1) is 16.2. The fourth-order valence-electron chi connectivity index (χ4n) is 2.53. The fourth-order valence-corrected chi connectivity index (χ4v) is 2.53. The first-order valence-corrected chi connectivity index (χ1v) is 7.55. The number of rotatable bonds is 6. The zero-order chi connectivity index (χ0) is 16.1. The lowest BCUT2D eigenvalue weighted by Gasteiger charge is -2.28. The number of amides is 1. The van der Waals surface area contributed by atoms with Crippen LogP contribution in [0.15, 0.2) is 36.7 Å². The molecule has 118 valence electrons. The van der Waals surface area contributed by atoms with Crippen molar-refractivity contribution in [3.05, 3.63) is 53.6 Å². The molecule has 0 saturated heterocycles. The molecule has 5 heteroatoms. The molecule has 0 spiro atoms. The summed E-state index contributed by atoms with van der Waals surface area (Å²) in [5.41, 5.74) is 2.02. The molecule has 1 aromatic carbocycles. The summed E-state index contributed by atoms with van der Waals surface area (Å²) in [6.45, 7) is 7.08. The van der Waals surface area contributed by atoms with Gasteiger partial charge in [0.2, 0.25) is 5.91 Å². The molecule has 1 heterocycles. The summed E-state index contributed by atoms with van der Waals surface area (Å²) in [5, 5.41) is 4.19. The van der Waals surface area contributed by atoms with Gasteiger partial charge in [0.15, 0.2) is 0 Å². The van der Waals surface area contributed by atoms with Gasteiger partial charge in [-0.3, -0.25) is 9.48 Å². The van der Waals surface area contributed by atoms with Crippen LogP contribution in [0.2, 0.25) is 0 Å². The summed E-state index contributed by atoms with van der Waals surface area (Å²) in [6.07, 6.45) is 4.11. The van der Waals surface area contributed by atoms with Gasteiger partial charge in [0.05, 0.1) is 12.2 Å². The van der Waals surface area contributed by atoms with Crippen molar-refractivity contribution in [1.29, 1.82) is 0 Å². The number of hydrogen-bond donors (Lipinski definition) is 0. The molecule has 2 aromatic rings. The van der Waals surface area contributed by atoms with E-state index in [2.05, 4.69) is 5.10 Å². The van der Waals surface area contributed by atoms with Crippen LogP contribution in [-0.2, 0) is 11.3 Å². The van der Waals surface area contributed by atoms with Crippen molar-refractivity contribution in [2.75, 3.05) is 6.54 Å². The first-order valence-electron chi connectivity index (χ1n) is 7.55. The molecule has 0 aliphatic carbocycles. The summed E-state index contributed by atoms with van der Waals surface area (Å²) >= 11 is 0. The highest BCUT2D eigenvalue weighted by atomic mass is 19.1. The summed E-state index contributed by atoms with van der Waals surface area (Å²) in [7, 11) is 0. The third-order valence-corrected chi connectivity index (χ3v) is 3.80. The smallest absolute Gasteiger partial charge is 0.224 e. The Kier molecular flexibility index (Phi) is 5.31. The van der Waals surface area contributed by atoms with Gasteiger partial charge >= 0.3 is 0 Å². The van der Waals surface area contributed by atoms with Gasteiger partial charge in [-0.2, -0.15) is 5.10 Å². The van der Waals surface area contributed by atoms with Crippen molar-refractivity contribution in [1.82, 2.24) is 14.7 Å². The van der Waals surface area contributed by atoms with Crippen molar-refractivity contribution in [3.63, 3.8) is 0 Å². The molecule has 1 amide bonds. The van der Waals surface area contributed by atoms with Crippen molar-refractivity contribution in [3.8, 4) is 0 Å². The van der Waals surface area contributed by atoms with Crippen LogP contribution in [0, 0.1) is 12.7 Å².